The second kappa shape index (κ2) is 6.60. The van der Waals surface area contributed by atoms with E-state index < -0.39 is 8.32 Å². The van der Waals surface area contributed by atoms with Gasteiger partial charge in [0.25, 0.3) is 0 Å². The van der Waals surface area contributed by atoms with Crippen molar-refractivity contribution < 1.29 is 4.43 Å². The Morgan fingerprint density at radius 1 is 1.20 bits per heavy atom. The predicted molar refractivity (Wildman–Crippen MR) is 80.4 cm³/mol. The van der Waals surface area contributed by atoms with Gasteiger partial charge < -0.3 is 4.43 Å². The molecular formula is C12H27IOSi. The summed E-state index contributed by atoms with van der Waals surface area (Å²) in [6.07, 6.45) is 2.54. The van der Waals surface area contributed by atoms with Gasteiger partial charge in [-0.3, -0.25) is 0 Å². The molecule has 0 aromatic carbocycles. The second-order valence-corrected chi connectivity index (χ2v) is 11.9. The first kappa shape index (κ1) is 15.9. The first-order valence-corrected chi connectivity index (χ1v) is 10.3. The molecule has 0 aliphatic rings. The summed E-state index contributed by atoms with van der Waals surface area (Å²) >= 11 is 2.45. The largest absolute Gasteiger partial charge is 0.417 e. The minimum atomic E-state index is -1.50. The van der Waals surface area contributed by atoms with E-state index in [-0.39, 0.29) is 0 Å². The lowest BCUT2D eigenvalue weighted by molar-refractivity contribution is 0.259. The molecule has 0 fully saturated rings. The summed E-state index contributed by atoms with van der Waals surface area (Å²) in [6, 6.07) is 0. The van der Waals surface area contributed by atoms with Gasteiger partial charge >= 0.3 is 0 Å². The monoisotopic (exact) mass is 342 g/mol. The van der Waals surface area contributed by atoms with Crippen LogP contribution < -0.4 is 0 Å². The van der Waals surface area contributed by atoms with E-state index in [4.69, 9.17) is 4.43 Å². The molecule has 0 amide bonds. The van der Waals surface area contributed by atoms with E-state index in [0.29, 0.717) is 5.04 Å². The van der Waals surface area contributed by atoms with Crippen molar-refractivity contribution in [2.45, 2.75) is 58.7 Å². The fourth-order valence-electron chi connectivity index (χ4n) is 1.06. The molecule has 0 N–H and O–H groups in total. The zero-order valence-electron chi connectivity index (χ0n) is 11.2. The van der Waals surface area contributed by atoms with Crippen molar-refractivity contribution >= 4 is 30.9 Å². The van der Waals surface area contributed by atoms with Crippen LogP contribution in [0.15, 0.2) is 0 Å². The molecule has 0 rings (SSSR count). The number of rotatable bonds is 6. The molecule has 0 bridgehead atoms. The molecular weight excluding hydrogens is 315 g/mol. The van der Waals surface area contributed by atoms with Crippen LogP contribution in [0, 0.1) is 5.92 Å². The molecule has 0 aromatic heterocycles. The summed E-state index contributed by atoms with van der Waals surface area (Å²) in [5.41, 5.74) is 0. The highest BCUT2D eigenvalue weighted by atomic mass is 127. The molecule has 0 aromatic rings. The zero-order chi connectivity index (χ0) is 12.1. The average Bonchev–Trinajstić information content (AvgIpc) is 2.01. The van der Waals surface area contributed by atoms with Crippen LogP contribution in [0.1, 0.15) is 40.5 Å². The lowest BCUT2D eigenvalue weighted by atomic mass is 10.1. The van der Waals surface area contributed by atoms with Crippen LogP contribution in [0.3, 0.4) is 0 Å². The first-order valence-electron chi connectivity index (χ1n) is 5.90. The Kier molecular flexibility index (Phi) is 6.99. The summed E-state index contributed by atoms with van der Waals surface area (Å²) in [5, 5.41) is 0.347. The van der Waals surface area contributed by atoms with Gasteiger partial charge in [0.2, 0.25) is 0 Å². The standard InChI is InChI=1S/C12H27IOSi/c1-11(7-9-13)8-10-14-15(5,6)12(2,3)4/h11H,7-10H2,1-6H3/t11-/m0/s1. The van der Waals surface area contributed by atoms with Gasteiger partial charge in [-0.15, -0.1) is 0 Å². The molecule has 0 heterocycles. The summed E-state index contributed by atoms with van der Waals surface area (Å²) in [4.78, 5) is 0. The Balaban J connectivity index is 3.85. The summed E-state index contributed by atoms with van der Waals surface area (Å²) < 4.78 is 7.41. The highest BCUT2D eigenvalue weighted by molar-refractivity contribution is 14.1. The minimum Gasteiger partial charge on any atom is -0.417 e. The quantitative estimate of drug-likeness (QED) is 0.381. The topological polar surface area (TPSA) is 9.23 Å². The molecule has 92 valence electrons. The number of halogens is 1. The number of alkyl halides is 1. The molecule has 0 unspecified atom stereocenters. The van der Waals surface area contributed by atoms with Crippen molar-refractivity contribution in [3.05, 3.63) is 0 Å². The average molecular weight is 342 g/mol. The molecule has 0 aliphatic heterocycles. The van der Waals surface area contributed by atoms with E-state index in [1.54, 1.807) is 0 Å². The zero-order valence-corrected chi connectivity index (χ0v) is 14.3. The van der Waals surface area contributed by atoms with Gasteiger partial charge in [-0.1, -0.05) is 50.3 Å². The first-order chi connectivity index (χ1) is 6.70. The van der Waals surface area contributed by atoms with Gasteiger partial charge in [0.1, 0.15) is 0 Å². The Hall–Kier alpha value is 0.907. The molecule has 0 radical (unpaired) electrons. The lowest BCUT2D eigenvalue weighted by Gasteiger charge is -2.36. The molecule has 0 saturated heterocycles. The van der Waals surface area contributed by atoms with Crippen molar-refractivity contribution in [1.29, 1.82) is 0 Å². The van der Waals surface area contributed by atoms with Gasteiger partial charge in [-0.2, -0.15) is 0 Å². The van der Waals surface area contributed by atoms with E-state index in [2.05, 4.69) is 63.4 Å². The second-order valence-electron chi connectivity index (χ2n) is 5.98. The third-order valence-electron chi connectivity index (χ3n) is 3.48. The van der Waals surface area contributed by atoms with E-state index in [1.165, 1.54) is 17.3 Å². The van der Waals surface area contributed by atoms with Crippen LogP contribution in [-0.2, 0) is 4.43 Å². The third kappa shape index (κ3) is 6.27. The number of hydrogen-bond donors (Lipinski definition) is 0. The molecule has 1 atom stereocenters. The summed E-state index contributed by atoms with van der Waals surface area (Å²) in [7, 11) is -1.50. The van der Waals surface area contributed by atoms with Gasteiger partial charge in [0.05, 0.1) is 0 Å². The maximum atomic E-state index is 6.15. The van der Waals surface area contributed by atoms with Crippen LogP contribution in [0.25, 0.3) is 0 Å². The van der Waals surface area contributed by atoms with Crippen LogP contribution in [-0.4, -0.2) is 19.4 Å². The Bertz CT molecular complexity index is 175. The molecule has 3 heteroatoms. The molecule has 0 spiro atoms. The summed E-state index contributed by atoms with van der Waals surface area (Å²) in [5.74, 6) is 0.812. The van der Waals surface area contributed by atoms with Crippen molar-refractivity contribution in [1.82, 2.24) is 0 Å². The van der Waals surface area contributed by atoms with Crippen molar-refractivity contribution in [2.24, 2.45) is 5.92 Å². The van der Waals surface area contributed by atoms with Gasteiger partial charge in [0, 0.05) is 6.61 Å². The highest BCUT2D eigenvalue weighted by Crippen LogP contribution is 2.36. The molecule has 15 heavy (non-hydrogen) atoms. The smallest absolute Gasteiger partial charge is 0.191 e. The van der Waals surface area contributed by atoms with Crippen LogP contribution >= 0.6 is 22.6 Å². The van der Waals surface area contributed by atoms with Crippen LogP contribution in [0.4, 0.5) is 0 Å². The number of hydrogen-bond acceptors (Lipinski definition) is 1. The van der Waals surface area contributed by atoms with Crippen LogP contribution in [0.5, 0.6) is 0 Å². The van der Waals surface area contributed by atoms with Crippen molar-refractivity contribution in [2.75, 3.05) is 11.0 Å². The fourth-order valence-corrected chi connectivity index (χ4v) is 3.19. The van der Waals surface area contributed by atoms with Crippen molar-refractivity contribution in [3.63, 3.8) is 0 Å². The minimum absolute atomic E-state index is 0.347. The summed E-state index contributed by atoms with van der Waals surface area (Å²) in [6.45, 7) is 14.8. The Morgan fingerprint density at radius 2 is 1.73 bits per heavy atom. The predicted octanol–water partition coefficient (Wildman–Crippen LogP) is 4.86. The Labute approximate surface area is 111 Å². The maximum Gasteiger partial charge on any atom is 0.191 e. The van der Waals surface area contributed by atoms with Gasteiger partial charge in [-0.25, -0.2) is 0 Å². The third-order valence-corrected chi connectivity index (χ3v) is 8.64. The SMILES string of the molecule is C[C@@H](CCI)CCO[Si](C)(C)C(C)(C)C. The van der Waals surface area contributed by atoms with E-state index >= 15 is 0 Å². The molecule has 0 aliphatic carbocycles. The fraction of sp³-hybridized carbons (Fsp3) is 1.00. The van der Waals surface area contributed by atoms with E-state index in [0.717, 1.165) is 12.5 Å². The van der Waals surface area contributed by atoms with Gasteiger partial charge in [0.15, 0.2) is 8.32 Å². The van der Waals surface area contributed by atoms with Gasteiger partial charge in [-0.05, 0) is 41.3 Å². The normalized spacial score (nSPS) is 15.4. The molecule has 1 nitrogen and oxygen atoms in total. The lowest BCUT2D eigenvalue weighted by Crippen LogP contribution is -2.41. The van der Waals surface area contributed by atoms with E-state index in [1.807, 2.05) is 0 Å². The van der Waals surface area contributed by atoms with Crippen molar-refractivity contribution in [3.8, 4) is 0 Å². The molecule has 0 saturated carbocycles. The highest BCUT2D eigenvalue weighted by Gasteiger charge is 2.36. The van der Waals surface area contributed by atoms with Crippen LogP contribution in [0.2, 0.25) is 18.1 Å². The van der Waals surface area contributed by atoms with E-state index in [9.17, 15) is 0 Å². The maximum absolute atomic E-state index is 6.15. The Morgan fingerprint density at radius 3 is 2.13 bits per heavy atom.